The van der Waals surface area contributed by atoms with Gasteiger partial charge in [-0.2, -0.15) is 13.2 Å². The number of para-hydroxylation sites is 1. The minimum atomic E-state index is -4.48. The smallest absolute Gasteiger partial charge is 0.322 e. The Morgan fingerprint density at radius 1 is 0.793 bits per heavy atom. The van der Waals surface area contributed by atoms with E-state index in [1.165, 1.54) is 24.3 Å². The molecule has 0 aliphatic rings. The van der Waals surface area contributed by atoms with E-state index in [1.807, 2.05) is 0 Å². The Bertz CT molecular complexity index is 1110. The number of sulfonamides is 1. The van der Waals surface area contributed by atoms with Crippen LogP contribution in [-0.4, -0.2) is 14.3 Å². The van der Waals surface area contributed by atoms with Crippen molar-refractivity contribution < 1.29 is 26.4 Å². The van der Waals surface area contributed by atoms with Crippen molar-refractivity contribution in [3.8, 4) is 0 Å². The first-order chi connectivity index (χ1) is 13.6. The zero-order valence-corrected chi connectivity index (χ0v) is 15.6. The van der Waals surface area contributed by atoms with Gasteiger partial charge in [0.1, 0.15) is 0 Å². The van der Waals surface area contributed by atoms with E-state index in [2.05, 4.69) is 10.0 Å². The second-order valence-electron chi connectivity index (χ2n) is 6.03. The number of carbonyl (C=O) groups is 1. The standard InChI is InChI=1S/C20H15F3N2O3S/c21-20(22,23)15-9-11-16(12-10-15)24-19(26)14-5-4-8-18(13-14)29(27,28)25-17-6-2-1-3-7-17/h1-13,25H,(H,24,26). The highest BCUT2D eigenvalue weighted by atomic mass is 32.2. The van der Waals surface area contributed by atoms with Crippen molar-refractivity contribution in [3.63, 3.8) is 0 Å². The summed E-state index contributed by atoms with van der Waals surface area (Å²) in [7, 11) is -3.92. The van der Waals surface area contributed by atoms with Crippen LogP contribution in [0, 0.1) is 0 Å². The molecule has 2 N–H and O–H groups in total. The Labute approximate surface area is 165 Å². The van der Waals surface area contributed by atoms with E-state index in [1.54, 1.807) is 30.3 Å². The van der Waals surface area contributed by atoms with Crippen LogP contribution in [-0.2, 0) is 16.2 Å². The Balaban J connectivity index is 1.77. The van der Waals surface area contributed by atoms with Crippen LogP contribution in [0.25, 0.3) is 0 Å². The number of halogens is 3. The van der Waals surface area contributed by atoms with Gasteiger partial charge < -0.3 is 5.32 Å². The summed E-state index contributed by atoms with van der Waals surface area (Å²) in [6, 6.07) is 17.5. The number of amides is 1. The van der Waals surface area contributed by atoms with Crippen LogP contribution in [0.1, 0.15) is 15.9 Å². The SMILES string of the molecule is O=C(Nc1ccc(C(F)(F)F)cc1)c1cccc(S(=O)(=O)Nc2ccccc2)c1. The highest BCUT2D eigenvalue weighted by Crippen LogP contribution is 2.30. The summed E-state index contributed by atoms with van der Waals surface area (Å²) in [6.07, 6.45) is -4.48. The Morgan fingerprint density at radius 3 is 2.07 bits per heavy atom. The molecule has 3 aromatic carbocycles. The molecule has 0 aliphatic heterocycles. The highest BCUT2D eigenvalue weighted by Gasteiger charge is 2.30. The zero-order chi connectivity index (χ0) is 21.1. The fourth-order valence-corrected chi connectivity index (χ4v) is 3.57. The number of alkyl halides is 3. The number of carbonyl (C=O) groups excluding carboxylic acids is 1. The molecule has 5 nitrogen and oxygen atoms in total. The second-order valence-corrected chi connectivity index (χ2v) is 7.71. The molecule has 0 heterocycles. The van der Waals surface area contributed by atoms with Gasteiger partial charge in [0, 0.05) is 16.9 Å². The largest absolute Gasteiger partial charge is 0.416 e. The lowest BCUT2D eigenvalue weighted by Gasteiger charge is -2.11. The molecule has 0 aromatic heterocycles. The number of nitrogens with one attached hydrogen (secondary N) is 2. The fraction of sp³-hybridized carbons (Fsp3) is 0.0500. The average molecular weight is 420 g/mol. The van der Waals surface area contributed by atoms with Gasteiger partial charge in [0.05, 0.1) is 10.5 Å². The monoisotopic (exact) mass is 420 g/mol. The Kier molecular flexibility index (Phi) is 5.60. The van der Waals surface area contributed by atoms with Crippen molar-refractivity contribution in [3.05, 3.63) is 90.0 Å². The molecule has 0 saturated carbocycles. The summed E-state index contributed by atoms with van der Waals surface area (Å²) in [5.74, 6) is -0.651. The molecule has 9 heteroatoms. The number of rotatable bonds is 5. The molecule has 0 spiro atoms. The van der Waals surface area contributed by atoms with Gasteiger partial charge in [0.15, 0.2) is 0 Å². The van der Waals surface area contributed by atoms with Crippen molar-refractivity contribution in [1.29, 1.82) is 0 Å². The lowest BCUT2D eigenvalue weighted by Crippen LogP contribution is -2.16. The molecule has 0 radical (unpaired) electrons. The molecule has 0 fully saturated rings. The maximum Gasteiger partial charge on any atom is 0.416 e. The maximum atomic E-state index is 12.6. The van der Waals surface area contributed by atoms with Crippen molar-refractivity contribution in [2.24, 2.45) is 0 Å². The van der Waals surface area contributed by atoms with E-state index >= 15 is 0 Å². The van der Waals surface area contributed by atoms with E-state index in [-0.39, 0.29) is 16.1 Å². The molecule has 29 heavy (non-hydrogen) atoms. The minimum absolute atomic E-state index is 0.0424. The van der Waals surface area contributed by atoms with Crippen molar-refractivity contribution in [2.75, 3.05) is 10.0 Å². The van der Waals surface area contributed by atoms with Gasteiger partial charge in [-0.1, -0.05) is 24.3 Å². The molecule has 0 aliphatic carbocycles. The second kappa shape index (κ2) is 7.96. The molecular weight excluding hydrogens is 405 g/mol. The third-order valence-electron chi connectivity index (χ3n) is 3.90. The topological polar surface area (TPSA) is 75.3 Å². The summed E-state index contributed by atoms with van der Waals surface area (Å²) >= 11 is 0. The molecule has 1 amide bonds. The molecule has 3 aromatic rings. The molecule has 3 rings (SSSR count). The fourth-order valence-electron chi connectivity index (χ4n) is 2.47. The van der Waals surface area contributed by atoms with Gasteiger partial charge in [-0.15, -0.1) is 0 Å². The number of anilines is 2. The van der Waals surface area contributed by atoms with Gasteiger partial charge in [-0.3, -0.25) is 9.52 Å². The quantitative estimate of drug-likeness (QED) is 0.625. The Morgan fingerprint density at radius 2 is 1.45 bits per heavy atom. The summed E-state index contributed by atoms with van der Waals surface area (Å²) in [5.41, 5.74) is -0.276. The zero-order valence-electron chi connectivity index (χ0n) is 14.8. The van der Waals surface area contributed by atoms with E-state index in [4.69, 9.17) is 0 Å². The van der Waals surface area contributed by atoms with Gasteiger partial charge in [-0.25, -0.2) is 8.42 Å². The third kappa shape index (κ3) is 5.14. The van der Waals surface area contributed by atoms with Gasteiger partial charge >= 0.3 is 6.18 Å². The van der Waals surface area contributed by atoms with Crippen LogP contribution in [0.2, 0.25) is 0 Å². The van der Waals surface area contributed by atoms with E-state index in [0.29, 0.717) is 5.69 Å². The molecular formula is C20H15F3N2O3S. The van der Waals surface area contributed by atoms with Crippen molar-refractivity contribution in [1.82, 2.24) is 0 Å². The van der Waals surface area contributed by atoms with E-state index < -0.39 is 27.7 Å². The molecule has 0 unspecified atom stereocenters. The first kappa shape index (κ1) is 20.4. The average Bonchev–Trinajstić information content (AvgIpc) is 2.68. The number of hydrogen-bond acceptors (Lipinski definition) is 3. The summed E-state index contributed by atoms with van der Waals surface area (Å²) in [6.45, 7) is 0. The first-order valence-corrected chi connectivity index (χ1v) is 9.80. The highest BCUT2D eigenvalue weighted by molar-refractivity contribution is 7.92. The lowest BCUT2D eigenvalue weighted by molar-refractivity contribution is -0.137. The number of benzene rings is 3. The van der Waals surface area contributed by atoms with Crippen LogP contribution in [0.4, 0.5) is 24.5 Å². The van der Waals surface area contributed by atoms with Crippen LogP contribution in [0.15, 0.2) is 83.8 Å². The minimum Gasteiger partial charge on any atom is -0.322 e. The van der Waals surface area contributed by atoms with E-state index in [0.717, 1.165) is 24.3 Å². The van der Waals surface area contributed by atoms with Gasteiger partial charge in [0.2, 0.25) is 0 Å². The van der Waals surface area contributed by atoms with Crippen LogP contribution < -0.4 is 10.0 Å². The third-order valence-corrected chi connectivity index (χ3v) is 5.28. The normalized spacial score (nSPS) is 11.7. The molecule has 0 saturated heterocycles. The van der Waals surface area contributed by atoms with Crippen LogP contribution in [0.3, 0.4) is 0 Å². The maximum absolute atomic E-state index is 12.6. The Hall–Kier alpha value is -3.33. The lowest BCUT2D eigenvalue weighted by atomic mass is 10.2. The number of hydrogen-bond donors (Lipinski definition) is 2. The van der Waals surface area contributed by atoms with E-state index in [9.17, 15) is 26.4 Å². The summed E-state index contributed by atoms with van der Waals surface area (Å²) < 4.78 is 65.3. The predicted octanol–water partition coefficient (Wildman–Crippen LogP) is 4.76. The predicted molar refractivity (Wildman–Crippen MR) is 103 cm³/mol. The van der Waals surface area contributed by atoms with Crippen LogP contribution >= 0.6 is 0 Å². The molecule has 0 atom stereocenters. The van der Waals surface area contributed by atoms with Gasteiger partial charge in [-0.05, 0) is 54.6 Å². The molecule has 150 valence electrons. The van der Waals surface area contributed by atoms with Gasteiger partial charge in [0.25, 0.3) is 15.9 Å². The van der Waals surface area contributed by atoms with Crippen LogP contribution in [0.5, 0.6) is 0 Å². The molecule has 0 bridgehead atoms. The summed E-state index contributed by atoms with van der Waals surface area (Å²) in [4.78, 5) is 12.3. The summed E-state index contributed by atoms with van der Waals surface area (Å²) in [5, 5.41) is 2.44. The first-order valence-electron chi connectivity index (χ1n) is 8.32. The van der Waals surface area contributed by atoms with Crippen molar-refractivity contribution in [2.45, 2.75) is 11.1 Å². The van der Waals surface area contributed by atoms with Crippen molar-refractivity contribution >= 4 is 27.3 Å².